The van der Waals surface area contributed by atoms with Crippen LogP contribution in [0.25, 0.3) is 0 Å². The molecule has 0 aromatic carbocycles. The van der Waals surface area contributed by atoms with Crippen LogP contribution >= 0.6 is 0 Å². The van der Waals surface area contributed by atoms with E-state index in [4.69, 9.17) is 10.8 Å². The summed E-state index contributed by atoms with van der Waals surface area (Å²) in [5.74, 6) is -1.55. The molecule has 2 unspecified atom stereocenters. The molecule has 0 spiro atoms. The number of rotatable bonds is 5. The van der Waals surface area contributed by atoms with E-state index in [0.717, 1.165) is 6.42 Å². The predicted molar refractivity (Wildman–Crippen MR) is 68.4 cm³/mol. The molecule has 19 heavy (non-hydrogen) atoms. The van der Waals surface area contributed by atoms with Gasteiger partial charge in [-0.05, 0) is 26.2 Å². The van der Waals surface area contributed by atoms with E-state index in [9.17, 15) is 14.4 Å². The van der Waals surface area contributed by atoms with Crippen LogP contribution in [0.1, 0.15) is 32.6 Å². The first-order valence-electron chi connectivity index (χ1n) is 6.47. The van der Waals surface area contributed by atoms with Crippen molar-refractivity contribution in [2.75, 3.05) is 13.1 Å². The van der Waals surface area contributed by atoms with E-state index in [0.29, 0.717) is 25.9 Å². The first kappa shape index (κ1) is 15.3. The van der Waals surface area contributed by atoms with Crippen LogP contribution in [0.2, 0.25) is 0 Å². The topological polar surface area (TPSA) is 113 Å². The second-order valence-corrected chi connectivity index (χ2v) is 4.91. The lowest BCUT2D eigenvalue weighted by Crippen LogP contribution is -2.52. The monoisotopic (exact) mass is 271 g/mol. The molecule has 4 N–H and O–H groups in total. The summed E-state index contributed by atoms with van der Waals surface area (Å²) >= 11 is 0. The van der Waals surface area contributed by atoms with Crippen molar-refractivity contribution in [3.8, 4) is 0 Å². The largest absolute Gasteiger partial charge is 0.481 e. The Balaban J connectivity index is 2.40. The van der Waals surface area contributed by atoms with Gasteiger partial charge in [-0.1, -0.05) is 0 Å². The lowest BCUT2D eigenvalue weighted by atomic mass is 9.93. The molecule has 1 aliphatic heterocycles. The molecule has 0 aliphatic carbocycles. The minimum Gasteiger partial charge on any atom is -0.481 e. The Morgan fingerprint density at radius 2 is 2.05 bits per heavy atom. The molecule has 1 aliphatic rings. The molecular formula is C12H21N3O4. The van der Waals surface area contributed by atoms with Crippen molar-refractivity contribution in [2.45, 2.75) is 38.6 Å². The van der Waals surface area contributed by atoms with Crippen molar-refractivity contribution in [1.82, 2.24) is 10.2 Å². The highest BCUT2D eigenvalue weighted by molar-refractivity contribution is 5.79. The van der Waals surface area contributed by atoms with Crippen molar-refractivity contribution in [2.24, 2.45) is 11.7 Å². The molecule has 7 heteroatoms. The molecule has 0 saturated carbocycles. The number of carboxylic acid groups (broad SMARTS) is 1. The zero-order chi connectivity index (χ0) is 14.4. The molecule has 108 valence electrons. The Labute approximate surface area is 112 Å². The van der Waals surface area contributed by atoms with Crippen LogP contribution in [0.4, 0.5) is 4.79 Å². The van der Waals surface area contributed by atoms with Gasteiger partial charge in [0.1, 0.15) is 0 Å². The third kappa shape index (κ3) is 4.76. The van der Waals surface area contributed by atoms with E-state index < -0.39 is 5.97 Å². The maximum absolute atomic E-state index is 11.9. The zero-order valence-electron chi connectivity index (χ0n) is 11.1. The van der Waals surface area contributed by atoms with Crippen LogP contribution in [0.15, 0.2) is 0 Å². The predicted octanol–water partition coefficient (Wildman–Crippen LogP) is 0.147. The lowest BCUT2D eigenvalue weighted by Gasteiger charge is -2.36. The number of nitrogens with one attached hydrogen (secondary N) is 1. The van der Waals surface area contributed by atoms with Gasteiger partial charge in [-0.2, -0.15) is 0 Å². The van der Waals surface area contributed by atoms with E-state index in [1.54, 1.807) is 4.90 Å². The highest BCUT2D eigenvalue weighted by atomic mass is 16.4. The van der Waals surface area contributed by atoms with Gasteiger partial charge in [0.25, 0.3) is 0 Å². The van der Waals surface area contributed by atoms with Crippen LogP contribution < -0.4 is 11.1 Å². The number of carbonyl (C=O) groups is 3. The number of hydrogen-bond donors (Lipinski definition) is 3. The number of nitrogens with two attached hydrogens (primary N) is 1. The lowest BCUT2D eigenvalue weighted by molar-refractivity contribution is -0.137. The van der Waals surface area contributed by atoms with E-state index in [1.807, 2.05) is 6.92 Å². The minimum atomic E-state index is -0.880. The van der Waals surface area contributed by atoms with Crippen LogP contribution in [-0.4, -0.2) is 47.0 Å². The minimum absolute atomic E-state index is 0.0275. The molecule has 0 radical (unpaired) electrons. The maximum atomic E-state index is 11.9. The Kier molecular flexibility index (Phi) is 5.59. The Bertz CT molecular complexity index is 359. The van der Waals surface area contributed by atoms with E-state index >= 15 is 0 Å². The van der Waals surface area contributed by atoms with Crippen molar-refractivity contribution in [3.63, 3.8) is 0 Å². The van der Waals surface area contributed by atoms with Gasteiger partial charge in [0.2, 0.25) is 5.91 Å². The first-order chi connectivity index (χ1) is 8.91. The number of amides is 3. The van der Waals surface area contributed by atoms with Gasteiger partial charge in [0, 0.05) is 25.6 Å². The number of nitrogens with zero attached hydrogens (tertiary/aromatic N) is 1. The van der Waals surface area contributed by atoms with Crippen molar-refractivity contribution < 1.29 is 19.5 Å². The van der Waals surface area contributed by atoms with Gasteiger partial charge < -0.3 is 21.1 Å². The molecular weight excluding hydrogens is 250 g/mol. The maximum Gasteiger partial charge on any atom is 0.317 e. The van der Waals surface area contributed by atoms with Crippen LogP contribution in [0.3, 0.4) is 0 Å². The van der Waals surface area contributed by atoms with Gasteiger partial charge in [-0.15, -0.1) is 0 Å². The number of urea groups is 1. The van der Waals surface area contributed by atoms with Crippen molar-refractivity contribution >= 4 is 17.9 Å². The Morgan fingerprint density at radius 3 is 2.63 bits per heavy atom. The molecule has 0 aromatic rings. The molecule has 2 atom stereocenters. The quantitative estimate of drug-likeness (QED) is 0.617. The third-order valence-corrected chi connectivity index (χ3v) is 3.39. The summed E-state index contributed by atoms with van der Waals surface area (Å²) < 4.78 is 0. The summed E-state index contributed by atoms with van der Waals surface area (Å²) in [7, 11) is 0. The van der Waals surface area contributed by atoms with Crippen molar-refractivity contribution in [3.05, 3.63) is 0 Å². The van der Waals surface area contributed by atoms with Gasteiger partial charge in [-0.3, -0.25) is 9.59 Å². The molecule has 1 heterocycles. The number of aliphatic carboxylic acids is 1. The third-order valence-electron chi connectivity index (χ3n) is 3.39. The number of carboxylic acids is 1. The summed E-state index contributed by atoms with van der Waals surface area (Å²) in [5.41, 5.74) is 5.27. The second kappa shape index (κ2) is 6.96. The summed E-state index contributed by atoms with van der Waals surface area (Å²) in [6, 6.07) is -0.195. The number of primary amides is 1. The molecule has 1 fully saturated rings. The van der Waals surface area contributed by atoms with Gasteiger partial charge in [0.15, 0.2) is 0 Å². The first-order valence-corrected chi connectivity index (χ1v) is 6.47. The average molecular weight is 271 g/mol. The Hall–Kier alpha value is -1.79. The Morgan fingerprint density at radius 1 is 1.37 bits per heavy atom. The number of likely N-dealkylation sites (tertiary alicyclic amines) is 1. The number of carbonyl (C=O) groups excluding carboxylic acids is 2. The summed E-state index contributed by atoms with van der Waals surface area (Å²) in [6.07, 6.45) is 1.87. The summed E-state index contributed by atoms with van der Waals surface area (Å²) in [4.78, 5) is 35.0. The van der Waals surface area contributed by atoms with E-state index in [1.165, 1.54) is 0 Å². The normalized spacial score (nSPS) is 22.9. The van der Waals surface area contributed by atoms with E-state index in [-0.39, 0.29) is 30.3 Å². The molecule has 1 saturated heterocycles. The molecule has 3 amide bonds. The highest BCUT2D eigenvalue weighted by Crippen LogP contribution is 2.21. The van der Waals surface area contributed by atoms with Crippen molar-refractivity contribution in [1.29, 1.82) is 0 Å². The summed E-state index contributed by atoms with van der Waals surface area (Å²) in [5, 5.41) is 11.2. The van der Waals surface area contributed by atoms with E-state index in [2.05, 4.69) is 5.32 Å². The molecule has 1 rings (SSSR count). The summed E-state index contributed by atoms with van der Waals surface area (Å²) in [6.45, 7) is 2.57. The fraction of sp³-hybridized carbons (Fsp3) is 0.750. The second-order valence-electron chi connectivity index (χ2n) is 4.91. The van der Waals surface area contributed by atoms with Gasteiger partial charge >= 0.3 is 12.0 Å². The average Bonchev–Trinajstić information content (AvgIpc) is 2.34. The fourth-order valence-electron chi connectivity index (χ4n) is 2.16. The molecule has 0 bridgehead atoms. The smallest absolute Gasteiger partial charge is 0.317 e. The standard InChI is InChI=1S/C12H21N3O4/c1-8-4-5-9(11(13)18)7-15(8)12(19)14-6-2-3-10(16)17/h8-9H,2-7H2,1H3,(H2,13,18)(H,14,19)(H,16,17). The fourth-order valence-corrected chi connectivity index (χ4v) is 2.16. The number of hydrogen-bond acceptors (Lipinski definition) is 3. The van der Waals surface area contributed by atoms with Crippen LogP contribution in [0.5, 0.6) is 0 Å². The number of piperidine rings is 1. The molecule has 0 aromatic heterocycles. The highest BCUT2D eigenvalue weighted by Gasteiger charge is 2.31. The SMILES string of the molecule is CC1CCC(C(N)=O)CN1C(=O)NCCCC(=O)O. The van der Waals surface area contributed by atoms with Crippen LogP contribution in [-0.2, 0) is 9.59 Å². The van der Waals surface area contributed by atoms with Gasteiger partial charge in [0.05, 0.1) is 5.92 Å². The zero-order valence-corrected chi connectivity index (χ0v) is 11.1. The van der Waals surface area contributed by atoms with Gasteiger partial charge in [-0.25, -0.2) is 4.79 Å². The molecule has 7 nitrogen and oxygen atoms in total. The van der Waals surface area contributed by atoms with Crippen LogP contribution in [0, 0.1) is 5.92 Å².